The highest BCUT2D eigenvalue weighted by Gasteiger charge is 2.10. The molecule has 1 heterocycles. The lowest BCUT2D eigenvalue weighted by Gasteiger charge is -2.14. The molecule has 0 aliphatic rings. The summed E-state index contributed by atoms with van der Waals surface area (Å²) in [5, 5.41) is 0.526. The van der Waals surface area contributed by atoms with Crippen LogP contribution in [0.25, 0.3) is 10.9 Å². The smallest absolute Gasteiger partial charge is 0.262 e. The van der Waals surface area contributed by atoms with Crippen LogP contribution in [0.5, 0.6) is 0 Å². The molecule has 0 atom stereocenters. The number of halogens is 1. The van der Waals surface area contributed by atoms with Gasteiger partial charge in [0.15, 0.2) is 0 Å². The van der Waals surface area contributed by atoms with Crippen molar-refractivity contribution in [3.63, 3.8) is 0 Å². The minimum atomic E-state index is -0.319. The van der Waals surface area contributed by atoms with Crippen LogP contribution in [0.4, 0.5) is 10.3 Å². The van der Waals surface area contributed by atoms with Crippen LogP contribution in [0.3, 0.4) is 0 Å². The Labute approximate surface area is 153 Å². The van der Waals surface area contributed by atoms with Crippen molar-refractivity contribution < 1.29 is 9.18 Å². The van der Waals surface area contributed by atoms with Crippen LogP contribution in [0.2, 0.25) is 0 Å². The Bertz CT molecular complexity index is 989. The van der Waals surface area contributed by atoms with Crippen LogP contribution < -0.4 is 16.4 Å². The maximum Gasteiger partial charge on any atom is 0.262 e. The number of fused-ring (bicyclic) bond motifs is 1. The van der Waals surface area contributed by atoms with Crippen LogP contribution in [0, 0.1) is 5.82 Å². The largest absolute Gasteiger partial charge is 0.277 e. The van der Waals surface area contributed by atoms with Gasteiger partial charge in [0, 0.05) is 11.4 Å². The molecular formula is C18H17FN4O2S. The van der Waals surface area contributed by atoms with Crippen LogP contribution in [-0.2, 0) is 11.3 Å². The lowest BCUT2D eigenvalue weighted by molar-refractivity contribution is -0.118. The van der Waals surface area contributed by atoms with Crippen molar-refractivity contribution in [1.82, 2.24) is 15.0 Å². The SMILES string of the molecule is CCn1c(NNC(=O)CSc2ccc(F)cc2)nc2ccccc2c1=O. The first-order chi connectivity index (χ1) is 12.6. The topological polar surface area (TPSA) is 76.0 Å². The van der Waals surface area contributed by atoms with Gasteiger partial charge in [-0.3, -0.25) is 25.0 Å². The number of hydrogen-bond acceptors (Lipinski definition) is 5. The molecule has 0 saturated carbocycles. The van der Waals surface area contributed by atoms with Crippen LogP contribution in [0.1, 0.15) is 6.92 Å². The van der Waals surface area contributed by atoms with Crippen molar-refractivity contribution >= 4 is 34.5 Å². The van der Waals surface area contributed by atoms with Gasteiger partial charge < -0.3 is 0 Å². The highest BCUT2D eigenvalue weighted by Crippen LogP contribution is 2.17. The van der Waals surface area contributed by atoms with E-state index >= 15 is 0 Å². The highest BCUT2D eigenvalue weighted by molar-refractivity contribution is 8.00. The minimum Gasteiger partial charge on any atom is -0.277 e. The van der Waals surface area contributed by atoms with Gasteiger partial charge in [-0.1, -0.05) is 12.1 Å². The molecule has 134 valence electrons. The zero-order chi connectivity index (χ0) is 18.5. The molecule has 2 aromatic carbocycles. The molecular weight excluding hydrogens is 355 g/mol. The maximum absolute atomic E-state index is 12.9. The van der Waals surface area contributed by atoms with Gasteiger partial charge in [0.2, 0.25) is 11.9 Å². The molecule has 0 spiro atoms. The van der Waals surface area contributed by atoms with Crippen molar-refractivity contribution in [2.45, 2.75) is 18.4 Å². The molecule has 2 N–H and O–H groups in total. The molecule has 0 saturated heterocycles. The summed E-state index contributed by atoms with van der Waals surface area (Å²) in [5.41, 5.74) is 5.65. The number of carbonyl (C=O) groups excluding carboxylic acids is 1. The van der Waals surface area contributed by atoms with Crippen molar-refractivity contribution in [2.75, 3.05) is 11.2 Å². The first-order valence-electron chi connectivity index (χ1n) is 8.01. The number of rotatable bonds is 6. The number of anilines is 1. The third-order valence-corrected chi connectivity index (χ3v) is 4.69. The number of amides is 1. The molecule has 0 radical (unpaired) electrons. The number of thioether (sulfide) groups is 1. The Balaban J connectivity index is 1.68. The van der Waals surface area contributed by atoms with Crippen molar-refractivity contribution in [2.24, 2.45) is 0 Å². The van der Waals surface area contributed by atoms with E-state index in [-0.39, 0.29) is 29.0 Å². The first kappa shape index (κ1) is 17.9. The first-order valence-corrected chi connectivity index (χ1v) is 9.00. The molecule has 0 aliphatic heterocycles. The molecule has 0 unspecified atom stereocenters. The second-order valence-corrected chi connectivity index (χ2v) is 6.47. The summed E-state index contributed by atoms with van der Waals surface area (Å²) >= 11 is 1.28. The van der Waals surface area contributed by atoms with E-state index < -0.39 is 0 Å². The standard InChI is InChI=1S/C18H17FN4O2S/c1-2-23-17(25)14-5-3-4-6-15(14)20-18(23)22-21-16(24)11-26-13-9-7-12(19)8-10-13/h3-10H,2,11H2,1H3,(H,20,22)(H,21,24). The van der Waals surface area contributed by atoms with E-state index in [1.165, 1.54) is 28.5 Å². The van der Waals surface area contributed by atoms with Crippen LogP contribution >= 0.6 is 11.8 Å². The molecule has 3 aromatic rings. The van der Waals surface area contributed by atoms with Crippen LogP contribution in [-0.4, -0.2) is 21.2 Å². The lowest BCUT2D eigenvalue weighted by atomic mass is 10.2. The van der Waals surface area contributed by atoms with Gasteiger partial charge in [0.05, 0.1) is 16.7 Å². The molecule has 0 aliphatic carbocycles. The van der Waals surface area contributed by atoms with Gasteiger partial charge in [-0.25, -0.2) is 9.37 Å². The van der Waals surface area contributed by atoms with Crippen molar-refractivity contribution in [3.05, 3.63) is 64.7 Å². The average molecular weight is 372 g/mol. The minimum absolute atomic E-state index is 0.141. The third-order valence-electron chi connectivity index (χ3n) is 3.68. The number of hydrogen-bond donors (Lipinski definition) is 2. The zero-order valence-corrected chi connectivity index (χ0v) is 14.8. The fraction of sp³-hybridized carbons (Fsp3) is 0.167. The van der Waals surface area contributed by atoms with Crippen molar-refractivity contribution in [1.29, 1.82) is 0 Å². The summed E-state index contributed by atoms with van der Waals surface area (Å²) in [7, 11) is 0. The van der Waals surface area contributed by atoms with Gasteiger partial charge >= 0.3 is 0 Å². The second kappa shape index (κ2) is 8.01. The van der Waals surface area contributed by atoms with E-state index in [1.54, 1.807) is 36.4 Å². The Kier molecular flexibility index (Phi) is 5.52. The highest BCUT2D eigenvalue weighted by atomic mass is 32.2. The van der Waals surface area contributed by atoms with Gasteiger partial charge in [0.25, 0.3) is 5.56 Å². The summed E-state index contributed by atoms with van der Waals surface area (Å²) in [6.45, 7) is 2.24. The molecule has 6 nitrogen and oxygen atoms in total. The quantitative estimate of drug-likeness (QED) is 0.514. The molecule has 1 aromatic heterocycles. The van der Waals surface area contributed by atoms with Gasteiger partial charge in [-0.05, 0) is 43.3 Å². The summed E-state index contributed by atoms with van der Waals surface area (Å²) in [6, 6.07) is 13.0. The molecule has 26 heavy (non-hydrogen) atoms. The Morgan fingerprint density at radius 3 is 2.65 bits per heavy atom. The van der Waals surface area contributed by atoms with Crippen LogP contribution in [0.15, 0.2) is 58.2 Å². The van der Waals surface area contributed by atoms with Gasteiger partial charge in [0.1, 0.15) is 5.82 Å². The molecule has 0 fully saturated rings. The Morgan fingerprint density at radius 1 is 1.19 bits per heavy atom. The number of carbonyl (C=O) groups is 1. The van der Waals surface area contributed by atoms with Crippen molar-refractivity contribution in [3.8, 4) is 0 Å². The maximum atomic E-state index is 12.9. The predicted octanol–water partition coefficient (Wildman–Crippen LogP) is 2.79. The van der Waals surface area contributed by atoms with E-state index in [2.05, 4.69) is 15.8 Å². The normalized spacial score (nSPS) is 10.7. The summed E-state index contributed by atoms with van der Waals surface area (Å²) < 4.78 is 14.3. The van der Waals surface area contributed by atoms with E-state index in [0.29, 0.717) is 17.4 Å². The Hall–Kier alpha value is -2.87. The summed E-state index contributed by atoms with van der Waals surface area (Å²) in [6.07, 6.45) is 0. The predicted molar refractivity (Wildman–Crippen MR) is 101 cm³/mol. The monoisotopic (exact) mass is 372 g/mol. The molecule has 0 bridgehead atoms. The van der Waals surface area contributed by atoms with E-state index in [1.807, 2.05) is 6.92 Å². The fourth-order valence-electron chi connectivity index (χ4n) is 2.40. The average Bonchev–Trinajstić information content (AvgIpc) is 2.66. The summed E-state index contributed by atoms with van der Waals surface area (Å²) in [4.78, 5) is 29.7. The van der Waals surface area contributed by atoms with E-state index in [9.17, 15) is 14.0 Å². The summed E-state index contributed by atoms with van der Waals surface area (Å²) in [5.74, 6) is -0.191. The number of hydrazine groups is 1. The van der Waals surface area contributed by atoms with Gasteiger partial charge in [-0.2, -0.15) is 0 Å². The lowest BCUT2D eigenvalue weighted by Crippen LogP contribution is -2.35. The molecule has 3 rings (SSSR count). The number of para-hydroxylation sites is 1. The number of nitrogens with zero attached hydrogens (tertiary/aromatic N) is 2. The second-order valence-electron chi connectivity index (χ2n) is 5.42. The number of aromatic nitrogens is 2. The molecule has 8 heteroatoms. The number of nitrogens with one attached hydrogen (secondary N) is 2. The number of benzene rings is 2. The molecule has 1 amide bonds. The third kappa shape index (κ3) is 4.02. The Morgan fingerprint density at radius 2 is 1.92 bits per heavy atom. The van der Waals surface area contributed by atoms with E-state index in [4.69, 9.17) is 0 Å². The van der Waals surface area contributed by atoms with E-state index in [0.717, 1.165) is 4.90 Å². The van der Waals surface area contributed by atoms with Gasteiger partial charge in [-0.15, -0.1) is 11.8 Å². The zero-order valence-electron chi connectivity index (χ0n) is 14.0. The fourth-order valence-corrected chi connectivity index (χ4v) is 3.10.